The number of rotatable bonds is 5. The summed E-state index contributed by atoms with van der Waals surface area (Å²) >= 11 is 3.41. The molecule has 0 saturated carbocycles. The summed E-state index contributed by atoms with van der Waals surface area (Å²) in [6.45, 7) is 0.269. The van der Waals surface area contributed by atoms with Gasteiger partial charge < -0.3 is 19.9 Å². The minimum atomic E-state index is 0.269. The van der Waals surface area contributed by atoms with E-state index >= 15 is 0 Å². The molecule has 0 amide bonds. The molecular formula is C13H14BrN3O3. The van der Waals surface area contributed by atoms with Gasteiger partial charge in [0, 0.05) is 13.2 Å². The van der Waals surface area contributed by atoms with Crippen LogP contribution in [-0.4, -0.2) is 24.2 Å². The average Bonchev–Trinajstić information content (AvgIpc) is 2.41. The van der Waals surface area contributed by atoms with Gasteiger partial charge in [0.05, 0.1) is 11.6 Å². The van der Waals surface area contributed by atoms with E-state index in [0.717, 1.165) is 10.2 Å². The molecule has 0 atom stereocenters. The van der Waals surface area contributed by atoms with Crippen molar-refractivity contribution in [3.05, 3.63) is 34.6 Å². The largest absolute Gasteiger partial charge is 0.497 e. The number of nitrogens with two attached hydrogens (primary N) is 1. The van der Waals surface area contributed by atoms with Gasteiger partial charge in [-0.1, -0.05) is 0 Å². The molecule has 6 nitrogen and oxygen atoms in total. The Labute approximate surface area is 125 Å². The highest BCUT2D eigenvalue weighted by Crippen LogP contribution is 2.32. The molecule has 106 valence electrons. The van der Waals surface area contributed by atoms with Crippen molar-refractivity contribution < 1.29 is 14.2 Å². The number of hydrogen-bond donors (Lipinski definition) is 1. The van der Waals surface area contributed by atoms with Gasteiger partial charge in [0.1, 0.15) is 23.9 Å². The van der Waals surface area contributed by atoms with E-state index in [1.165, 1.54) is 0 Å². The van der Waals surface area contributed by atoms with Crippen LogP contribution in [0.15, 0.2) is 28.7 Å². The van der Waals surface area contributed by atoms with Crippen molar-refractivity contribution in [2.24, 2.45) is 0 Å². The van der Waals surface area contributed by atoms with E-state index in [-0.39, 0.29) is 6.61 Å². The minimum Gasteiger partial charge on any atom is -0.497 e. The number of aromatic nitrogens is 2. The van der Waals surface area contributed by atoms with Gasteiger partial charge in [-0.3, -0.25) is 0 Å². The average molecular weight is 340 g/mol. The summed E-state index contributed by atoms with van der Waals surface area (Å²) in [6, 6.07) is 6.92. The maximum atomic E-state index is 5.71. The van der Waals surface area contributed by atoms with Crippen LogP contribution < -0.4 is 15.2 Å². The highest BCUT2D eigenvalue weighted by Gasteiger charge is 2.08. The molecule has 0 aliphatic carbocycles. The van der Waals surface area contributed by atoms with Gasteiger partial charge in [-0.2, -0.15) is 4.98 Å². The molecule has 1 aromatic carbocycles. The first-order chi connectivity index (χ1) is 9.62. The highest BCUT2D eigenvalue weighted by atomic mass is 79.9. The first-order valence-corrected chi connectivity index (χ1v) is 6.55. The topological polar surface area (TPSA) is 79.5 Å². The fourth-order valence-corrected chi connectivity index (χ4v) is 1.98. The smallest absolute Gasteiger partial charge is 0.224 e. The number of benzene rings is 1. The van der Waals surface area contributed by atoms with Crippen LogP contribution in [0.1, 0.15) is 5.82 Å². The molecule has 1 heterocycles. The molecule has 2 aromatic rings. The van der Waals surface area contributed by atoms with Crippen LogP contribution in [0.5, 0.6) is 17.4 Å². The maximum Gasteiger partial charge on any atom is 0.224 e. The summed E-state index contributed by atoms with van der Waals surface area (Å²) < 4.78 is 16.5. The van der Waals surface area contributed by atoms with Gasteiger partial charge in [0.25, 0.3) is 0 Å². The Morgan fingerprint density at radius 1 is 1.20 bits per heavy atom. The molecule has 0 spiro atoms. The predicted octanol–water partition coefficient (Wildman–Crippen LogP) is 2.77. The van der Waals surface area contributed by atoms with Gasteiger partial charge >= 0.3 is 0 Å². The van der Waals surface area contributed by atoms with E-state index in [9.17, 15) is 0 Å². The summed E-state index contributed by atoms with van der Waals surface area (Å²) in [5, 5.41) is 0. The Morgan fingerprint density at radius 2 is 2.00 bits per heavy atom. The Morgan fingerprint density at radius 3 is 2.65 bits per heavy atom. The van der Waals surface area contributed by atoms with Crippen molar-refractivity contribution in [1.82, 2.24) is 9.97 Å². The zero-order valence-electron chi connectivity index (χ0n) is 11.1. The van der Waals surface area contributed by atoms with Crippen molar-refractivity contribution in [2.45, 2.75) is 6.61 Å². The fourth-order valence-electron chi connectivity index (χ4n) is 1.54. The van der Waals surface area contributed by atoms with Crippen LogP contribution >= 0.6 is 15.9 Å². The molecule has 0 aliphatic heterocycles. The van der Waals surface area contributed by atoms with Gasteiger partial charge in [-0.15, -0.1) is 0 Å². The lowest BCUT2D eigenvalue weighted by molar-refractivity contribution is 0.177. The van der Waals surface area contributed by atoms with Crippen LogP contribution in [0.2, 0.25) is 0 Å². The first kappa shape index (κ1) is 14.5. The zero-order valence-corrected chi connectivity index (χ0v) is 12.7. The lowest BCUT2D eigenvalue weighted by Gasteiger charge is -2.09. The number of methoxy groups -OCH3 is 2. The van der Waals surface area contributed by atoms with E-state index in [0.29, 0.717) is 23.3 Å². The molecule has 0 saturated heterocycles. The second kappa shape index (κ2) is 6.53. The van der Waals surface area contributed by atoms with Crippen LogP contribution in [0, 0.1) is 0 Å². The Bertz CT molecular complexity index is 607. The summed E-state index contributed by atoms with van der Waals surface area (Å²) in [6.07, 6.45) is 0. The minimum absolute atomic E-state index is 0.269. The molecular weight excluding hydrogens is 326 g/mol. The van der Waals surface area contributed by atoms with Crippen molar-refractivity contribution in [2.75, 3.05) is 20.0 Å². The predicted molar refractivity (Wildman–Crippen MR) is 77.9 cm³/mol. The molecule has 0 aliphatic rings. The molecule has 20 heavy (non-hydrogen) atoms. The van der Waals surface area contributed by atoms with Crippen molar-refractivity contribution in [3.63, 3.8) is 0 Å². The molecule has 7 heteroatoms. The molecule has 0 unspecified atom stereocenters. The van der Waals surface area contributed by atoms with Crippen LogP contribution in [0.4, 0.5) is 5.82 Å². The summed E-state index contributed by atoms with van der Waals surface area (Å²) in [5.74, 6) is 2.48. The Hall–Kier alpha value is -1.86. The monoisotopic (exact) mass is 339 g/mol. The molecule has 0 fully saturated rings. The van der Waals surface area contributed by atoms with Gasteiger partial charge in [-0.05, 0) is 34.1 Å². The number of ether oxygens (including phenoxy) is 3. The van der Waals surface area contributed by atoms with Crippen molar-refractivity contribution in [3.8, 4) is 17.4 Å². The molecule has 0 radical (unpaired) electrons. The molecule has 2 rings (SSSR count). The lowest BCUT2D eigenvalue weighted by atomic mass is 10.3. The van der Waals surface area contributed by atoms with E-state index in [1.54, 1.807) is 38.5 Å². The number of halogens is 1. The fraction of sp³-hybridized carbons (Fsp3) is 0.231. The van der Waals surface area contributed by atoms with Gasteiger partial charge in [-0.25, -0.2) is 4.98 Å². The van der Waals surface area contributed by atoms with Crippen molar-refractivity contribution in [1.29, 1.82) is 0 Å². The Kier molecular flexibility index (Phi) is 4.75. The van der Waals surface area contributed by atoms with Crippen molar-refractivity contribution >= 4 is 21.7 Å². The third-order valence-corrected chi connectivity index (χ3v) is 3.02. The van der Waals surface area contributed by atoms with Gasteiger partial charge in [0.2, 0.25) is 5.88 Å². The number of anilines is 1. The summed E-state index contributed by atoms with van der Waals surface area (Å²) in [4.78, 5) is 8.26. The summed E-state index contributed by atoms with van der Waals surface area (Å²) in [7, 11) is 3.16. The number of nitrogens with zero attached hydrogens (tertiary/aromatic N) is 2. The second-order valence-electron chi connectivity index (χ2n) is 3.88. The van der Waals surface area contributed by atoms with E-state index in [1.807, 2.05) is 0 Å². The summed E-state index contributed by atoms with van der Waals surface area (Å²) in [5.41, 5.74) is 5.71. The van der Waals surface area contributed by atoms with E-state index in [2.05, 4.69) is 25.9 Å². The zero-order chi connectivity index (χ0) is 14.5. The van der Waals surface area contributed by atoms with Gasteiger partial charge in [0.15, 0.2) is 5.82 Å². The molecule has 2 N–H and O–H groups in total. The normalized spacial score (nSPS) is 10.3. The third-order valence-electron chi connectivity index (χ3n) is 2.40. The Balaban J connectivity index is 2.25. The quantitative estimate of drug-likeness (QED) is 0.902. The van der Waals surface area contributed by atoms with E-state index < -0.39 is 0 Å². The highest BCUT2D eigenvalue weighted by molar-refractivity contribution is 9.10. The molecule has 1 aromatic heterocycles. The SMILES string of the molecule is COCc1nc(N)cc(Oc2ccc(OC)cc2Br)n1. The number of hydrogen-bond acceptors (Lipinski definition) is 6. The van der Waals surface area contributed by atoms with Crippen LogP contribution in [0.3, 0.4) is 0 Å². The van der Waals surface area contributed by atoms with Crippen LogP contribution in [0.25, 0.3) is 0 Å². The number of nitrogen functional groups attached to an aromatic ring is 1. The lowest BCUT2D eigenvalue weighted by Crippen LogP contribution is -2.02. The first-order valence-electron chi connectivity index (χ1n) is 5.76. The van der Waals surface area contributed by atoms with Crippen LogP contribution in [-0.2, 0) is 11.3 Å². The standard InChI is InChI=1S/C13H14BrN3O3/c1-18-7-12-16-11(15)6-13(17-12)20-10-4-3-8(19-2)5-9(10)14/h3-6H,7H2,1-2H3,(H2,15,16,17). The maximum absolute atomic E-state index is 5.71. The molecule has 0 bridgehead atoms. The van der Waals surface area contributed by atoms with E-state index in [4.69, 9.17) is 19.9 Å². The third kappa shape index (κ3) is 3.58. The second-order valence-corrected chi connectivity index (χ2v) is 4.73.